The van der Waals surface area contributed by atoms with Crippen LogP contribution in [0.1, 0.15) is 122 Å². The van der Waals surface area contributed by atoms with E-state index in [1.807, 2.05) is 0 Å². The number of ether oxygens (including phenoxy) is 4. The molecular formula is C54H72Cl2O4SiZr. The number of fused-ring (bicyclic) bond motifs is 2. The quantitative estimate of drug-likeness (QED) is 0.148. The molecule has 334 valence electrons. The van der Waals surface area contributed by atoms with Crippen LogP contribution in [0.5, 0.6) is 0 Å². The van der Waals surface area contributed by atoms with Gasteiger partial charge in [0.2, 0.25) is 0 Å². The average Bonchev–Trinajstić information content (AvgIpc) is 3.80. The summed E-state index contributed by atoms with van der Waals surface area (Å²) in [6.45, 7) is 24.9. The topological polar surface area (TPSA) is 36.9 Å². The molecule has 2 heterocycles. The number of benzene rings is 4. The minimum absolute atomic E-state index is 0. The van der Waals surface area contributed by atoms with E-state index in [9.17, 15) is 0 Å². The molecule has 8 heteroatoms. The second-order valence-electron chi connectivity index (χ2n) is 22.1. The van der Waals surface area contributed by atoms with Crippen LogP contribution >= 0.6 is 24.8 Å². The molecule has 4 aromatic rings. The van der Waals surface area contributed by atoms with Crippen LogP contribution in [0.25, 0.3) is 34.4 Å². The van der Waals surface area contributed by atoms with Crippen LogP contribution in [-0.4, -0.2) is 46.9 Å². The summed E-state index contributed by atoms with van der Waals surface area (Å²) in [5.74, 6) is 0. The monoisotopic (exact) mass is 972 g/mol. The van der Waals surface area contributed by atoms with E-state index in [4.69, 9.17) is 18.9 Å². The third-order valence-corrected chi connectivity index (χ3v) is 32.4. The van der Waals surface area contributed by atoms with E-state index < -0.39 is 17.4 Å². The summed E-state index contributed by atoms with van der Waals surface area (Å²) in [6, 6.07) is 32.7. The summed E-state index contributed by atoms with van der Waals surface area (Å²) in [5, 5.41) is 0. The molecule has 2 atom stereocenters. The van der Waals surface area contributed by atoms with E-state index in [2.05, 4.69) is 169 Å². The maximum absolute atomic E-state index is 6.15. The fourth-order valence-corrected chi connectivity index (χ4v) is 31.5. The van der Waals surface area contributed by atoms with Crippen molar-refractivity contribution in [3.05, 3.63) is 129 Å². The molecule has 0 saturated carbocycles. The van der Waals surface area contributed by atoms with Crippen LogP contribution < -0.4 is 0 Å². The second-order valence-corrected chi connectivity index (χ2v) is 52.6. The third kappa shape index (κ3) is 9.05. The number of hydrogen-bond donors (Lipinski definition) is 0. The van der Waals surface area contributed by atoms with E-state index in [0.29, 0.717) is 20.8 Å². The molecule has 0 amide bonds. The van der Waals surface area contributed by atoms with Crippen molar-refractivity contribution in [3.63, 3.8) is 0 Å². The molecule has 2 unspecified atom stereocenters. The molecule has 2 aliphatic carbocycles. The van der Waals surface area contributed by atoms with Crippen LogP contribution in [-0.2, 0) is 47.2 Å². The van der Waals surface area contributed by atoms with Crippen LogP contribution in [0.3, 0.4) is 0 Å². The van der Waals surface area contributed by atoms with Crippen molar-refractivity contribution in [2.75, 3.05) is 40.0 Å². The number of halogens is 2. The van der Waals surface area contributed by atoms with Gasteiger partial charge in [-0.15, -0.1) is 24.8 Å². The average molecular weight is 975 g/mol. The van der Waals surface area contributed by atoms with E-state index in [1.54, 1.807) is 11.1 Å². The Morgan fingerprint density at radius 1 is 0.532 bits per heavy atom. The van der Waals surface area contributed by atoms with Gasteiger partial charge in [-0.3, -0.25) is 0 Å². The molecule has 4 aromatic carbocycles. The molecule has 4 nitrogen and oxygen atoms in total. The molecule has 0 spiro atoms. The molecule has 2 fully saturated rings. The maximum atomic E-state index is 6.15. The van der Waals surface area contributed by atoms with Gasteiger partial charge in [0, 0.05) is 0 Å². The Hall–Kier alpha value is -2.12. The van der Waals surface area contributed by atoms with Crippen LogP contribution in [0.15, 0.2) is 96.1 Å². The largest absolute Gasteiger partial charge is 0.147 e. The SMILES string of the molecule is CCC1(CC2=Cc3c(-c4ccccc4C(C)(C)C)cccc3[CH]2[Zr]([CH3])([CH3])(=[SiH2])[CH]2C(CC3(CC)COCOC3)=Cc3c(-c4ccccc4C(C)(C)C)cccc32)COCOC1.Cl.Cl. The first-order chi connectivity index (χ1) is 28.4. The van der Waals surface area contributed by atoms with Gasteiger partial charge in [-0.25, -0.2) is 0 Å². The zero-order valence-corrected chi connectivity index (χ0v) is 44.6. The summed E-state index contributed by atoms with van der Waals surface area (Å²) < 4.78 is 30.9. The second kappa shape index (κ2) is 18.3. The Morgan fingerprint density at radius 3 is 1.21 bits per heavy atom. The first-order valence-electron chi connectivity index (χ1n) is 22.6. The minimum atomic E-state index is -4.19. The molecule has 4 aliphatic rings. The Morgan fingerprint density at radius 2 is 0.871 bits per heavy atom. The normalized spacial score (nSPS) is 20.9. The van der Waals surface area contributed by atoms with Gasteiger partial charge in [0.1, 0.15) is 0 Å². The summed E-state index contributed by atoms with van der Waals surface area (Å²) in [6.07, 6.45) is 9.30. The van der Waals surface area contributed by atoms with Gasteiger partial charge >= 0.3 is 366 Å². The van der Waals surface area contributed by atoms with Gasteiger partial charge in [-0.05, 0) is 0 Å². The zero-order chi connectivity index (χ0) is 42.7. The number of hydrogen-bond acceptors (Lipinski definition) is 4. The fraction of sp³-hybridized carbons (Fsp3) is 0.481. The Labute approximate surface area is 388 Å². The zero-order valence-electron chi connectivity index (χ0n) is 39.1. The summed E-state index contributed by atoms with van der Waals surface area (Å²) in [7, 11) is 0. The molecule has 0 radical (unpaired) electrons. The summed E-state index contributed by atoms with van der Waals surface area (Å²) in [4.78, 5) is 0. The molecule has 0 N–H and O–H groups in total. The maximum Gasteiger partial charge on any atom is -0.147 e. The Balaban J connectivity index is 0.00000321. The van der Waals surface area contributed by atoms with Crippen LogP contribution in [0.2, 0.25) is 9.26 Å². The van der Waals surface area contributed by atoms with Crippen molar-refractivity contribution in [1.29, 1.82) is 0 Å². The fourth-order valence-electron chi connectivity index (χ4n) is 11.8. The van der Waals surface area contributed by atoms with Gasteiger partial charge in [0.15, 0.2) is 0 Å². The Bertz CT molecular complexity index is 2240. The molecule has 0 aromatic heterocycles. The predicted octanol–water partition coefficient (Wildman–Crippen LogP) is 14.0. The van der Waals surface area contributed by atoms with Crippen molar-refractivity contribution in [2.45, 2.75) is 108 Å². The van der Waals surface area contributed by atoms with Crippen molar-refractivity contribution in [1.82, 2.24) is 0 Å². The number of allylic oxidation sites excluding steroid dienone is 2. The molecule has 2 saturated heterocycles. The van der Waals surface area contributed by atoms with Crippen molar-refractivity contribution >= 4 is 43.8 Å². The van der Waals surface area contributed by atoms with Gasteiger partial charge in [-0.1, -0.05) is 0 Å². The van der Waals surface area contributed by atoms with E-state index in [1.165, 1.54) is 55.6 Å². The number of rotatable bonds is 10. The van der Waals surface area contributed by atoms with E-state index >= 15 is 0 Å². The van der Waals surface area contributed by atoms with Gasteiger partial charge in [-0.2, -0.15) is 0 Å². The van der Waals surface area contributed by atoms with Gasteiger partial charge in [0.05, 0.1) is 0 Å². The van der Waals surface area contributed by atoms with Crippen LogP contribution in [0.4, 0.5) is 0 Å². The van der Waals surface area contributed by atoms with Gasteiger partial charge < -0.3 is 0 Å². The van der Waals surface area contributed by atoms with Gasteiger partial charge in [0.25, 0.3) is 0 Å². The van der Waals surface area contributed by atoms with Crippen molar-refractivity contribution in [3.8, 4) is 22.3 Å². The molecule has 62 heavy (non-hydrogen) atoms. The van der Waals surface area contributed by atoms with Crippen molar-refractivity contribution in [2.24, 2.45) is 10.8 Å². The smallest absolute Gasteiger partial charge is 0.147 e. The summed E-state index contributed by atoms with van der Waals surface area (Å²) >= 11 is -4.19. The first kappa shape index (κ1) is 49.3. The molecule has 0 bridgehead atoms. The van der Waals surface area contributed by atoms with E-state index in [0.717, 1.165) is 52.1 Å². The first-order valence-corrected chi connectivity index (χ1v) is 36.3. The minimum Gasteiger partial charge on any atom is -0.147 e. The van der Waals surface area contributed by atoms with Crippen molar-refractivity contribution < 1.29 is 36.3 Å². The molecule has 8 rings (SSSR count). The van der Waals surface area contributed by atoms with Crippen LogP contribution in [0, 0.1) is 10.8 Å². The predicted molar refractivity (Wildman–Crippen MR) is 266 cm³/mol. The molecule has 2 aliphatic heterocycles. The Kier molecular flexibility index (Phi) is 14.5. The summed E-state index contributed by atoms with van der Waals surface area (Å²) in [5.41, 5.74) is 17.2. The van der Waals surface area contributed by atoms with E-state index in [-0.39, 0.29) is 46.5 Å². The standard InChI is InChI=1S/2C26H31O2.2CH3.2ClH.H2Si.Zr/c2*1-5-26(16-27-18-28-17-26)15-19-13-20-9-8-11-21(23(20)14-19)22-10-6-7-12-24(22)25(2,3)4;;;;;;/h2*6-14H,5,15-18H2,1-4H3;2*1H3;2*1H;1H2;. The molecular weight excluding hydrogens is 903 g/mol. The third-order valence-electron chi connectivity index (χ3n) is 14.9.